The van der Waals surface area contributed by atoms with Gasteiger partial charge < -0.3 is 4.57 Å². The van der Waals surface area contributed by atoms with Crippen LogP contribution >= 0.6 is 0 Å². The molecule has 0 aliphatic carbocycles. The minimum atomic E-state index is -2.65. The van der Waals surface area contributed by atoms with Gasteiger partial charge in [0.15, 0.2) is 5.65 Å². The number of pyridine rings is 1. The van der Waals surface area contributed by atoms with Gasteiger partial charge in [0.1, 0.15) is 6.54 Å². The van der Waals surface area contributed by atoms with Gasteiger partial charge >= 0.3 is 0 Å². The van der Waals surface area contributed by atoms with Crippen molar-refractivity contribution in [2.24, 2.45) is 0 Å². The van der Waals surface area contributed by atoms with Crippen LogP contribution in [0.4, 0.5) is 14.7 Å². The van der Waals surface area contributed by atoms with Gasteiger partial charge in [-0.15, -0.1) is 0 Å². The van der Waals surface area contributed by atoms with Crippen LogP contribution in [0, 0.1) is 13.8 Å². The van der Waals surface area contributed by atoms with Crippen molar-refractivity contribution in [3.8, 4) is 0 Å². The fourth-order valence-corrected chi connectivity index (χ4v) is 3.72. The number of para-hydroxylation sites is 2. The van der Waals surface area contributed by atoms with Crippen molar-refractivity contribution in [2.45, 2.75) is 46.7 Å². The van der Waals surface area contributed by atoms with Gasteiger partial charge in [-0.2, -0.15) is 5.10 Å². The number of carbonyl (C=O) groups excluding carboxylic acids is 1. The summed E-state index contributed by atoms with van der Waals surface area (Å²) < 4.78 is 30.3. The smallest absolute Gasteiger partial charge is 0.264 e. The van der Waals surface area contributed by atoms with Crippen LogP contribution in [0.2, 0.25) is 0 Å². The number of carbonyl (C=O) groups is 1. The number of anilines is 1. The monoisotopic (exact) mass is 412 g/mol. The number of hydrogen-bond acceptors (Lipinski definition) is 4. The number of halogens is 2. The number of fused-ring (bicyclic) bond motifs is 2. The highest BCUT2D eigenvalue weighted by molar-refractivity contribution is 5.92. The molecule has 4 aromatic rings. The number of amides is 1. The lowest BCUT2D eigenvalue weighted by molar-refractivity contribution is -0.116. The summed E-state index contributed by atoms with van der Waals surface area (Å²) in [6.07, 6.45) is -1.76. The average Bonchev–Trinajstić information content (AvgIpc) is 3.19. The van der Waals surface area contributed by atoms with Crippen LogP contribution < -0.4 is 5.32 Å². The number of nitrogens with zero attached hydrogens (tertiary/aromatic N) is 5. The summed E-state index contributed by atoms with van der Waals surface area (Å²) in [6.45, 7) is 5.89. The van der Waals surface area contributed by atoms with Gasteiger partial charge in [0.25, 0.3) is 6.43 Å². The van der Waals surface area contributed by atoms with E-state index in [1.54, 1.807) is 13.8 Å². The molecule has 0 saturated carbocycles. The molecule has 0 unspecified atom stereocenters. The Morgan fingerprint density at radius 3 is 2.70 bits per heavy atom. The molecule has 1 N–H and O–H groups in total. The molecule has 7 nitrogen and oxygen atoms in total. The molecule has 0 radical (unpaired) electrons. The molecular weight excluding hydrogens is 390 g/mol. The molecule has 0 saturated heterocycles. The lowest BCUT2D eigenvalue weighted by Gasteiger charge is -2.09. The summed E-state index contributed by atoms with van der Waals surface area (Å²) in [6, 6.07) is 9.02. The zero-order valence-corrected chi connectivity index (χ0v) is 17.0. The maximum absolute atomic E-state index is 13.5. The Morgan fingerprint density at radius 2 is 1.97 bits per heavy atom. The Kier molecular flexibility index (Phi) is 5.19. The molecule has 156 valence electrons. The molecule has 1 aromatic carbocycles. The van der Waals surface area contributed by atoms with Gasteiger partial charge in [-0.25, -0.2) is 23.4 Å². The average molecular weight is 412 g/mol. The van der Waals surface area contributed by atoms with Crippen LogP contribution in [0.5, 0.6) is 0 Å². The summed E-state index contributed by atoms with van der Waals surface area (Å²) in [4.78, 5) is 21.6. The van der Waals surface area contributed by atoms with E-state index in [9.17, 15) is 13.6 Å². The maximum Gasteiger partial charge on any atom is 0.264 e. The van der Waals surface area contributed by atoms with Crippen molar-refractivity contribution in [1.29, 1.82) is 0 Å². The van der Waals surface area contributed by atoms with E-state index in [0.717, 1.165) is 17.5 Å². The second-order valence-corrected chi connectivity index (χ2v) is 7.22. The predicted molar refractivity (Wildman–Crippen MR) is 111 cm³/mol. The summed E-state index contributed by atoms with van der Waals surface area (Å²) in [5.74, 6) is 0.0996. The zero-order valence-electron chi connectivity index (χ0n) is 17.0. The highest BCUT2D eigenvalue weighted by Gasteiger charge is 2.21. The van der Waals surface area contributed by atoms with Gasteiger partial charge in [-0.3, -0.25) is 10.1 Å². The first-order valence-corrected chi connectivity index (χ1v) is 9.77. The summed E-state index contributed by atoms with van der Waals surface area (Å²) in [7, 11) is 0. The fourth-order valence-electron chi connectivity index (χ4n) is 3.72. The van der Waals surface area contributed by atoms with Crippen molar-refractivity contribution in [1.82, 2.24) is 24.3 Å². The quantitative estimate of drug-likeness (QED) is 0.510. The Hall–Kier alpha value is -3.36. The fraction of sp³-hybridized carbons (Fsp3) is 0.333. The maximum atomic E-state index is 13.5. The van der Waals surface area contributed by atoms with E-state index in [2.05, 4.69) is 20.4 Å². The molecule has 0 spiro atoms. The number of rotatable bonds is 6. The third-order valence-electron chi connectivity index (χ3n) is 4.92. The van der Waals surface area contributed by atoms with Crippen molar-refractivity contribution in [3.63, 3.8) is 0 Å². The number of alkyl halides is 2. The number of benzene rings is 1. The van der Waals surface area contributed by atoms with Gasteiger partial charge in [0.2, 0.25) is 11.9 Å². The lowest BCUT2D eigenvalue weighted by Crippen LogP contribution is -2.22. The Morgan fingerprint density at radius 1 is 1.20 bits per heavy atom. The standard InChI is InChI=1S/C21H22F2N6O/c1-4-9-28-16-8-6-5-7-15(16)25-21(28)26-17(30)11-29-20-18(13(3)27-29)14(19(22)23)10-12(2)24-20/h5-8,10,19H,4,9,11H2,1-3H3,(H,25,26,30). The van der Waals surface area contributed by atoms with E-state index in [4.69, 9.17) is 0 Å². The first kappa shape index (κ1) is 19.9. The van der Waals surface area contributed by atoms with E-state index in [1.807, 2.05) is 35.8 Å². The van der Waals surface area contributed by atoms with E-state index >= 15 is 0 Å². The minimum absolute atomic E-state index is 0.119. The molecule has 0 bridgehead atoms. The van der Waals surface area contributed by atoms with Crippen LogP contribution in [0.25, 0.3) is 22.1 Å². The Balaban J connectivity index is 1.66. The topological polar surface area (TPSA) is 77.6 Å². The van der Waals surface area contributed by atoms with Crippen molar-refractivity contribution >= 4 is 33.9 Å². The Labute approximate surface area is 171 Å². The van der Waals surface area contributed by atoms with Crippen LogP contribution in [0.15, 0.2) is 30.3 Å². The molecule has 0 aliphatic heterocycles. The molecule has 0 atom stereocenters. The lowest BCUT2D eigenvalue weighted by atomic mass is 10.1. The van der Waals surface area contributed by atoms with Crippen molar-refractivity contribution in [2.75, 3.05) is 5.32 Å². The molecule has 9 heteroatoms. The first-order chi connectivity index (χ1) is 14.4. The molecule has 0 fully saturated rings. The molecular formula is C21H22F2N6O. The molecule has 3 aromatic heterocycles. The number of hydrogen-bond donors (Lipinski definition) is 1. The number of nitrogens with one attached hydrogen (secondary N) is 1. The molecule has 1 amide bonds. The summed E-state index contributed by atoms with van der Waals surface area (Å²) in [5.41, 5.74) is 2.75. The van der Waals surface area contributed by atoms with Crippen LogP contribution in [0.3, 0.4) is 0 Å². The van der Waals surface area contributed by atoms with Crippen LogP contribution in [0.1, 0.15) is 36.7 Å². The third kappa shape index (κ3) is 3.51. The summed E-state index contributed by atoms with van der Waals surface area (Å²) >= 11 is 0. The first-order valence-electron chi connectivity index (χ1n) is 9.77. The molecule has 0 aliphatic rings. The van der Waals surface area contributed by atoms with Gasteiger partial charge in [-0.1, -0.05) is 19.1 Å². The number of aromatic nitrogens is 5. The number of imidazole rings is 1. The van der Waals surface area contributed by atoms with E-state index < -0.39 is 6.43 Å². The van der Waals surface area contributed by atoms with E-state index in [-0.39, 0.29) is 23.7 Å². The Bertz CT molecular complexity index is 1240. The predicted octanol–water partition coefficient (Wildman–Crippen LogP) is 4.38. The minimum Gasteiger partial charge on any atom is -0.310 e. The second kappa shape index (κ2) is 7.81. The molecule has 30 heavy (non-hydrogen) atoms. The largest absolute Gasteiger partial charge is 0.310 e. The normalized spacial score (nSPS) is 11.7. The zero-order chi connectivity index (χ0) is 21.4. The van der Waals surface area contributed by atoms with Gasteiger partial charge in [-0.05, 0) is 38.5 Å². The third-order valence-corrected chi connectivity index (χ3v) is 4.92. The molecule has 4 rings (SSSR count). The highest BCUT2D eigenvalue weighted by atomic mass is 19.3. The van der Waals surface area contributed by atoms with Gasteiger partial charge in [0, 0.05) is 17.8 Å². The van der Waals surface area contributed by atoms with Crippen molar-refractivity contribution < 1.29 is 13.6 Å². The van der Waals surface area contributed by atoms with E-state index in [0.29, 0.717) is 29.3 Å². The van der Waals surface area contributed by atoms with Crippen LogP contribution in [-0.2, 0) is 17.9 Å². The van der Waals surface area contributed by atoms with Gasteiger partial charge in [0.05, 0.1) is 22.1 Å². The second-order valence-electron chi connectivity index (χ2n) is 7.22. The molecule has 3 heterocycles. The van der Waals surface area contributed by atoms with E-state index in [1.165, 1.54) is 10.7 Å². The SMILES string of the molecule is CCCn1c(NC(=O)Cn2nc(C)c3c(C(F)F)cc(C)nc32)nc2ccccc21. The van der Waals surface area contributed by atoms with Crippen molar-refractivity contribution in [3.05, 3.63) is 47.3 Å². The number of aryl methyl sites for hydroxylation is 3. The van der Waals surface area contributed by atoms with Crippen LogP contribution in [-0.4, -0.2) is 30.2 Å². The highest BCUT2D eigenvalue weighted by Crippen LogP contribution is 2.30. The summed E-state index contributed by atoms with van der Waals surface area (Å²) in [5, 5.41) is 7.42.